The van der Waals surface area contributed by atoms with Gasteiger partial charge in [0.1, 0.15) is 12.2 Å². The molecule has 0 radical (unpaired) electrons. The molecule has 1 N–H and O–H groups in total. The van der Waals surface area contributed by atoms with E-state index in [-0.39, 0.29) is 0 Å². The number of hydrogen-bond acceptors (Lipinski definition) is 3. The molecule has 0 saturated carbocycles. The summed E-state index contributed by atoms with van der Waals surface area (Å²) in [4.78, 5) is 4.07. The highest BCUT2D eigenvalue weighted by molar-refractivity contribution is 4.82. The minimum atomic E-state index is 0.786. The van der Waals surface area contributed by atoms with Crippen LogP contribution < -0.4 is 5.32 Å². The maximum Gasteiger partial charge on any atom is 0.140 e. The molecule has 4 heteroatoms. The predicted octanol–water partition coefficient (Wildman–Crippen LogP) is 0.0174. The predicted molar refractivity (Wildman–Crippen MR) is 38.5 cm³/mol. The number of aryl methyl sites for hydroxylation is 1. The first-order chi connectivity index (χ1) is 4.88. The molecule has 0 bridgehead atoms. The van der Waals surface area contributed by atoms with E-state index in [1.807, 2.05) is 18.7 Å². The Labute approximate surface area is 60.3 Å². The van der Waals surface area contributed by atoms with Crippen molar-refractivity contribution in [3.8, 4) is 0 Å². The van der Waals surface area contributed by atoms with Gasteiger partial charge in [0, 0.05) is 6.54 Å². The van der Waals surface area contributed by atoms with E-state index in [1.54, 1.807) is 6.33 Å². The molecule has 0 aromatic carbocycles. The van der Waals surface area contributed by atoms with Crippen LogP contribution in [0.4, 0.5) is 0 Å². The van der Waals surface area contributed by atoms with E-state index in [0.717, 1.165) is 18.9 Å². The Kier molecular flexibility index (Phi) is 2.39. The SMILES string of the molecule is CCn1ncnc1CNC. The number of rotatable bonds is 3. The second-order valence-corrected chi connectivity index (χ2v) is 2.02. The maximum absolute atomic E-state index is 4.07. The Balaban J connectivity index is 2.70. The molecular formula is C6H12N4. The standard InChI is InChI=1S/C6H12N4/c1-3-10-6(4-7-2)8-5-9-10/h5,7H,3-4H2,1-2H3. The fraction of sp³-hybridized carbons (Fsp3) is 0.667. The van der Waals surface area contributed by atoms with Gasteiger partial charge in [0.15, 0.2) is 0 Å². The Morgan fingerprint density at radius 2 is 2.50 bits per heavy atom. The van der Waals surface area contributed by atoms with Crippen molar-refractivity contribution in [2.45, 2.75) is 20.0 Å². The first-order valence-corrected chi connectivity index (χ1v) is 3.39. The molecular weight excluding hydrogens is 128 g/mol. The van der Waals surface area contributed by atoms with Crippen LogP contribution in [0.2, 0.25) is 0 Å². The molecule has 1 aromatic heterocycles. The summed E-state index contributed by atoms with van der Waals surface area (Å²) in [6.07, 6.45) is 1.58. The van der Waals surface area contributed by atoms with Crippen LogP contribution >= 0.6 is 0 Å². The normalized spacial score (nSPS) is 10.2. The van der Waals surface area contributed by atoms with Crippen molar-refractivity contribution in [2.24, 2.45) is 0 Å². The zero-order valence-electron chi connectivity index (χ0n) is 6.33. The van der Waals surface area contributed by atoms with Gasteiger partial charge >= 0.3 is 0 Å². The van der Waals surface area contributed by atoms with Crippen LogP contribution in [-0.2, 0) is 13.1 Å². The molecule has 0 spiro atoms. The van der Waals surface area contributed by atoms with Gasteiger partial charge in [-0.2, -0.15) is 5.10 Å². The topological polar surface area (TPSA) is 42.7 Å². The van der Waals surface area contributed by atoms with Crippen LogP contribution in [0, 0.1) is 0 Å². The Bertz CT molecular complexity index is 193. The van der Waals surface area contributed by atoms with Gasteiger partial charge < -0.3 is 5.32 Å². The second kappa shape index (κ2) is 3.31. The third kappa shape index (κ3) is 1.33. The van der Waals surface area contributed by atoms with Gasteiger partial charge in [0.25, 0.3) is 0 Å². The largest absolute Gasteiger partial charge is 0.313 e. The van der Waals surface area contributed by atoms with Crippen LogP contribution in [0.1, 0.15) is 12.7 Å². The van der Waals surface area contributed by atoms with Crippen molar-refractivity contribution in [2.75, 3.05) is 7.05 Å². The van der Waals surface area contributed by atoms with E-state index < -0.39 is 0 Å². The van der Waals surface area contributed by atoms with Crippen LogP contribution in [0.3, 0.4) is 0 Å². The van der Waals surface area contributed by atoms with Crippen molar-refractivity contribution in [1.82, 2.24) is 20.1 Å². The average molecular weight is 140 g/mol. The Morgan fingerprint density at radius 1 is 1.70 bits per heavy atom. The van der Waals surface area contributed by atoms with Crippen molar-refractivity contribution in [3.05, 3.63) is 12.2 Å². The van der Waals surface area contributed by atoms with Crippen molar-refractivity contribution < 1.29 is 0 Å². The number of nitrogens with zero attached hydrogens (tertiary/aromatic N) is 3. The summed E-state index contributed by atoms with van der Waals surface area (Å²) >= 11 is 0. The molecule has 10 heavy (non-hydrogen) atoms. The van der Waals surface area contributed by atoms with Crippen LogP contribution in [-0.4, -0.2) is 21.8 Å². The highest BCUT2D eigenvalue weighted by Crippen LogP contribution is 1.91. The number of aromatic nitrogens is 3. The molecule has 0 aliphatic carbocycles. The van der Waals surface area contributed by atoms with Crippen molar-refractivity contribution in [3.63, 3.8) is 0 Å². The molecule has 1 heterocycles. The molecule has 0 unspecified atom stereocenters. The van der Waals surface area contributed by atoms with E-state index in [4.69, 9.17) is 0 Å². The van der Waals surface area contributed by atoms with Gasteiger partial charge in [-0.25, -0.2) is 9.67 Å². The lowest BCUT2D eigenvalue weighted by atomic mass is 10.6. The molecule has 0 fully saturated rings. The van der Waals surface area contributed by atoms with Gasteiger partial charge in [0.2, 0.25) is 0 Å². The number of hydrogen-bond donors (Lipinski definition) is 1. The van der Waals surface area contributed by atoms with Gasteiger partial charge in [-0.3, -0.25) is 0 Å². The lowest BCUT2D eigenvalue weighted by Gasteiger charge is -1.99. The Morgan fingerprint density at radius 3 is 3.10 bits per heavy atom. The molecule has 1 aromatic rings. The molecule has 0 aliphatic rings. The highest BCUT2D eigenvalue weighted by atomic mass is 15.3. The second-order valence-electron chi connectivity index (χ2n) is 2.02. The highest BCUT2D eigenvalue weighted by Gasteiger charge is 1.98. The summed E-state index contributed by atoms with van der Waals surface area (Å²) in [5.41, 5.74) is 0. The monoisotopic (exact) mass is 140 g/mol. The summed E-state index contributed by atoms with van der Waals surface area (Å²) in [7, 11) is 1.90. The molecule has 1 rings (SSSR count). The van der Waals surface area contributed by atoms with Crippen molar-refractivity contribution in [1.29, 1.82) is 0 Å². The quantitative estimate of drug-likeness (QED) is 0.643. The molecule has 0 atom stereocenters. The number of nitrogens with one attached hydrogen (secondary N) is 1. The average Bonchev–Trinajstić information content (AvgIpc) is 2.36. The molecule has 0 aliphatic heterocycles. The van der Waals surface area contributed by atoms with E-state index in [9.17, 15) is 0 Å². The van der Waals surface area contributed by atoms with Gasteiger partial charge in [-0.1, -0.05) is 0 Å². The van der Waals surface area contributed by atoms with E-state index in [1.165, 1.54) is 0 Å². The first kappa shape index (κ1) is 7.21. The minimum Gasteiger partial charge on any atom is -0.313 e. The molecule has 56 valence electrons. The van der Waals surface area contributed by atoms with Crippen LogP contribution in [0.15, 0.2) is 6.33 Å². The smallest absolute Gasteiger partial charge is 0.140 e. The fourth-order valence-electron chi connectivity index (χ4n) is 0.847. The summed E-state index contributed by atoms with van der Waals surface area (Å²) < 4.78 is 1.87. The van der Waals surface area contributed by atoms with E-state index in [0.29, 0.717) is 0 Å². The van der Waals surface area contributed by atoms with E-state index >= 15 is 0 Å². The molecule has 0 saturated heterocycles. The fourth-order valence-corrected chi connectivity index (χ4v) is 0.847. The first-order valence-electron chi connectivity index (χ1n) is 3.39. The third-order valence-corrected chi connectivity index (χ3v) is 1.33. The minimum absolute atomic E-state index is 0.786. The lowest BCUT2D eigenvalue weighted by molar-refractivity contribution is 0.595. The van der Waals surface area contributed by atoms with Gasteiger partial charge in [-0.05, 0) is 14.0 Å². The van der Waals surface area contributed by atoms with Gasteiger partial charge in [0.05, 0.1) is 6.54 Å². The zero-order valence-corrected chi connectivity index (χ0v) is 6.33. The zero-order chi connectivity index (χ0) is 7.40. The maximum atomic E-state index is 4.07. The molecule has 4 nitrogen and oxygen atoms in total. The third-order valence-electron chi connectivity index (χ3n) is 1.33. The van der Waals surface area contributed by atoms with Gasteiger partial charge in [-0.15, -0.1) is 0 Å². The summed E-state index contributed by atoms with van der Waals surface area (Å²) in [5.74, 6) is 0.991. The molecule has 0 amide bonds. The van der Waals surface area contributed by atoms with Crippen LogP contribution in [0.25, 0.3) is 0 Å². The van der Waals surface area contributed by atoms with E-state index in [2.05, 4.69) is 15.4 Å². The van der Waals surface area contributed by atoms with Crippen molar-refractivity contribution >= 4 is 0 Å². The summed E-state index contributed by atoms with van der Waals surface area (Å²) in [5, 5.41) is 7.04. The lowest BCUT2D eigenvalue weighted by Crippen LogP contribution is -2.12. The summed E-state index contributed by atoms with van der Waals surface area (Å²) in [6.45, 7) is 3.72. The van der Waals surface area contributed by atoms with Crippen LogP contribution in [0.5, 0.6) is 0 Å². The summed E-state index contributed by atoms with van der Waals surface area (Å²) in [6, 6.07) is 0. The Hall–Kier alpha value is -0.900.